The molecule has 2 heterocycles. The predicted molar refractivity (Wildman–Crippen MR) is 131 cm³/mol. The monoisotopic (exact) mass is 532 g/mol. The third-order valence-corrected chi connectivity index (χ3v) is 6.83. The molecular formula is C21H33IN4O2S. The van der Waals surface area contributed by atoms with Crippen LogP contribution in [0.25, 0.3) is 5.57 Å². The van der Waals surface area contributed by atoms with E-state index in [0.717, 1.165) is 51.4 Å². The van der Waals surface area contributed by atoms with Gasteiger partial charge in [0.05, 0.1) is 6.26 Å². The summed E-state index contributed by atoms with van der Waals surface area (Å²) in [6.07, 6.45) is 6.38. The number of rotatable bonds is 5. The summed E-state index contributed by atoms with van der Waals surface area (Å²) in [4.78, 5) is 7.19. The van der Waals surface area contributed by atoms with Gasteiger partial charge in [0.15, 0.2) is 5.96 Å². The highest BCUT2D eigenvalue weighted by Gasteiger charge is 2.25. The van der Waals surface area contributed by atoms with Gasteiger partial charge < -0.3 is 10.2 Å². The zero-order valence-electron chi connectivity index (χ0n) is 17.4. The van der Waals surface area contributed by atoms with Crippen molar-refractivity contribution in [3.8, 4) is 0 Å². The fraction of sp³-hybridized carbons (Fsp3) is 0.571. The highest BCUT2D eigenvalue weighted by atomic mass is 127. The Balaban J connectivity index is 0.00000300. The van der Waals surface area contributed by atoms with Crippen LogP contribution in [0.2, 0.25) is 0 Å². The van der Waals surface area contributed by atoms with Crippen molar-refractivity contribution in [1.29, 1.82) is 0 Å². The summed E-state index contributed by atoms with van der Waals surface area (Å²) in [5.41, 5.74) is 2.71. The van der Waals surface area contributed by atoms with Gasteiger partial charge in [0.2, 0.25) is 10.0 Å². The largest absolute Gasteiger partial charge is 0.357 e. The van der Waals surface area contributed by atoms with Crippen LogP contribution >= 0.6 is 24.0 Å². The number of guanidine groups is 1. The van der Waals surface area contributed by atoms with Crippen LogP contribution in [0.15, 0.2) is 41.4 Å². The molecule has 29 heavy (non-hydrogen) atoms. The molecule has 8 heteroatoms. The van der Waals surface area contributed by atoms with E-state index in [1.54, 1.807) is 4.31 Å². The average molecular weight is 532 g/mol. The highest BCUT2D eigenvalue weighted by molar-refractivity contribution is 14.0. The van der Waals surface area contributed by atoms with Crippen LogP contribution in [0, 0.1) is 5.92 Å². The Labute approximate surface area is 192 Å². The first-order valence-electron chi connectivity index (χ1n) is 10.2. The normalized spacial score (nSPS) is 19.4. The van der Waals surface area contributed by atoms with Crippen molar-refractivity contribution < 1.29 is 8.42 Å². The maximum absolute atomic E-state index is 11.7. The van der Waals surface area contributed by atoms with E-state index in [4.69, 9.17) is 4.99 Å². The minimum Gasteiger partial charge on any atom is -0.357 e. The summed E-state index contributed by atoms with van der Waals surface area (Å²) in [6.45, 7) is 6.74. The molecule has 0 bridgehead atoms. The Kier molecular flexibility index (Phi) is 9.42. The first-order chi connectivity index (χ1) is 13.5. The van der Waals surface area contributed by atoms with Gasteiger partial charge in [-0.1, -0.05) is 36.4 Å². The molecule has 0 radical (unpaired) electrons. The lowest BCUT2D eigenvalue weighted by Gasteiger charge is -2.31. The molecule has 0 atom stereocenters. The minimum absolute atomic E-state index is 0. The Morgan fingerprint density at radius 2 is 1.86 bits per heavy atom. The molecule has 0 saturated carbocycles. The summed E-state index contributed by atoms with van der Waals surface area (Å²) in [6, 6.07) is 10.6. The molecule has 2 aliphatic heterocycles. The van der Waals surface area contributed by atoms with Crippen molar-refractivity contribution in [3.05, 3.63) is 42.0 Å². The summed E-state index contributed by atoms with van der Waals surface area (Å²) < 4.78 is 24.9. The van der Waals surface area contributed by atoms with Crippen LogP contribution in [0.1, 0.15) is 31.7 Å². The molecule has 0 spiro atoms. The SMILES string of the molecule is CCNC(=NCC1CCN(S(C)(=O)=O)CC1)N1CC=C(c2ccccc2)CC1.I. The number of sulfonamides is 1. The zero-order chi connectivity index (χ0) is 20.0. The van der Waals surface area contributed by atoms with Gasteiger partial charge >= 0.3 is 0 Å². The van der Waals surface area contributed by atoms with E-state index in [-0.39, 0.29) is 24.0 Å². The van der Waals surface area contributed by atoms with Gasteiger partial charge in [-0.2, -0.15) is 0 Å². The smallest absolute Gasteiger partial charge is 0.211 e. The molecule has 1 N–H and O–H groups in total. The van der Waals surface area contributed by atoms with Crippen molar-refractivity contribution >= 4 is 45.5 Å². The third kappa shape index (κ3) is 6.96. The average Bonchev–Trinajstić information content (AvgIpc) is 2.71. The van der Waals surface area contributed by atoms with E-state index < -0.39 is 10.0 Å². The summed E-state index contributed by atoms with van der Waals surface area (Å²) in [7, 11) is -3.06. The molecule has 1 aromatic carbocycles. The second kappa shape index (κ2) is 11.3. The van der Waals surface area contributed by atoms with Gasteiger partial charge in [-0.3, -0.25) is 4.99 Å². The molecule has 0 amide bonds. The standard InChI is InChI=1S/C21H32N4O2S.HI/c1-3-22-21(23-17-18-9-15-25(16-10-18)28(2,26)27)24-13-11-20(12-14-24)19-7-5-4-6-8-19;/h4-8,11,18H,3,9-10,12-17H2,1-2H3,(H,22,23);1H. The quantitative estimate of drug-likeness (QED) is 0.360. The Morgan fingerprint density at radius 1 is 1.17 bits per heavy atom. The summed E-state index contributed by atoms with van der Waals surface area (Å²) in [5.74, 6) is 1.42. The molecule has 6 nitrogen and oxygen atoms in total. The fourth-order valence-corrected chi connectivity index (χ4v) is 4.71. The maximum atomic E-state index is 11.7. The Morgan fingerprint density at radius 3 is 2.41 bits per heavy atom. The molecule has 0 aliphatic carbocycles. The molecule has 2 aliphatic rings. The molecule has 0 aromatic heterocycles. The molecule has 1 aromatic rings. The van der Waals surface area contributed by atoms with Gasteiger partial charge in [0, 0.05) is 39.3 Å². The number of aliphatic imine (C=N–C) groups is 1. The number of piperidine rings is 1. The first kappa shape index (κ1) is 24.1. The van der Waals surface area contributed by atoms with Crippen LogP contribution in [-0.4, -0.2) is 69.1 Å². The van der Waals surface area contributed by atoms with E-state index in [1.165, 1.54) is 17.4 Å². The number of hydrogen-bond acceptors (Lipinski definition) is 3. The zero-order valence-corrected chi connectivity index (χ0v) is 20.5. The van der Waals surface area contributed by atoms with Crippen molar-refractivity contribution in [2.45, 2.75) is 26.2 Å². The molecule has 0 unspecified atom stereocenters. The van der Waals surface area contributed by atoms with Crippen LogP contribution in [0.4, 0.5) is 0 Å². The molecular weight excluding hydrogens is 499 g/mol. The molecule has 1 fully saturated rings. The predicted octanol–water partition coefficient (Wildman–Crippen LogP) is 3.03. The molecule has 162 valence electrons. The number of benzene rings is 1. The lowest BCUT2D eigenvalue weighted by Crippen LogP contribution is -2.44. The van der Waals surface area contributed by atoms with Crippen molar-refractivity contribution in [2.24, 2.45) is 10.9 Å². The maximum Gasteiger partial charge on any atom is 0.211 e. The van der Waals surface area contributed by atoms with Gasteiger partial charge in [0.1, 0.15) is 0 Å². The minimum atomic E-state index is -3.06. The Bertz CT molecular complexity index is 803. The highest BCUT2D eigenvalue weighted by Crippen LogP contribution is 2.23. The van der Waals surface area contributed by atoms with Crippen molar-refractivity contribution in [1.82, 2.24) is 14.5 Å². The summed E-state index contributed by atoms with van der Waals surface area (Å²) in [5, 5.41) is 3.42. The lowest BCUT2D eigenvalue weighted by atomic mass is 9.98. The van der Waals surface area contributed by atoms with E-state index in [1.807, 2.05) is 0 Å². The van der Waals surface area contributed by atoms with Crippen LogP contribution < -0.4 is 5.32 Å². The lowest BCUT2D eigenvalue weighted by molar-refractivity contribution is 0.279. The fourth-order valence-electron chi connectivity index (χ4n) is 3.84. The van der Waals surface area contributed by atoms with Crippen molar-refractivity contribution in [3.63, 3.8) is 0 Å². The summed E-state index contributed by atoms with van der Waals surface area (Å²) >= 11 is 0. The van der Waals surface area contributed by atoms with Gasteiger partial charge in [-0.25, -0.2) is 12.7 Å². The van der Waals surface area contributed by atoms with Gasteiger partial charge in [-0.05, 0) is 43.2 Å². The van der Waals surface area contributed by atoms with E-state index >= 15 is 0 Å². The van der Waals surface area contributed by atoms with Crippen LogP contribution in [0.3, 0.4) is 0 Å². The van der Waals surface area contributed by atoms with E-state index in [0.29, 0.717) is 19.0 Å². The third-order valence-electron chi connectivity index (χ3n) is 5.53. The first-order valence-corrected chi connectivity index (χ1v) is 12.0. The number of nitrogens with zero attached hydrogens (tertiary/aromatic N) is 3. The topological polar surface area (TPSA) is 65.0 Å². The number of nitrogens with one attached hydrogen (secondary N) is 1. The van der Waals surface area contributed by atoms with E-state index in [2.05, 4.69) is 53.5 Å². The van der Waals surface area contributed by atoms with E-state index in [9.17, 15) is 8.42 Å². The number of hydrogen-bond donors (Lipinski definition) is 1. The van der Waals surface area contributed by atoms with Crippen LogP contribution in [0.5, 0.6) is 0 Å². The Hall–Kier alpha value is -1.13. The molecule has 3 rings (SSSR count). The second-order valence-corrected chi connectivity index (χ2v) is 9.57. The van der Waals surface area contributed by atoms with Crippen molar-refractivity contribution in [2.75, 3.05) is 45.5 Å². The molecule has 1 saturated heterocycles. The number of halogens is 1. The van der Waals surface area contributed by atoms with Gasteiger partial charge in [0.25, 0.3) is 0 Å². The van der Waals surface area contributed by atoms with Crippen LogP contribution in [-0.2, 0) is 10.0 Å². The van der Waals surface area contributed by atoms with Gasteiger partial charge in [-0.15, -0.1) is 24.0 Å². The second-order valence-electron chi connectivity index (χ2n) is 7.59.